The van der Waals surface area contributed by atoms with E-state index in [0.29, 0.717) is 11.5 Å². The van der Waals surface area contributed by atoms with Gasteiger partial charge in [0.05, 0.1) is 6.04 Å². The first kappa shape index (κ1) is 12.1. The molecule has 2 heterocycles. The predicted molar refractivity (Wildman–Crippen MR) is 51.0 cm³/mol. The molecule has 9 nitrogen and oxygen atoms in total. The molecule has 0 spiro atoms. The number of nitrogens with zero attached hydrogens (tertiary/aromatic N) is 2. The predicted octanol–water partition coefficient (Wildman–Crippen LogP) is -0.926. The van der Waals surface area contributed by atoms with Crippen LogP contribution in [0.15, 0.2) is 0 Å². The maximum atomic E-state index is 11.7. The zero-order valence-electron chi connectivity index (χ0n) is 8.51. The van der Waals surface area contributed by atoms with Crippen molar-refractivity contribution in [3.63, 3.8) is 0 Å². The van der Waals surface area contributed by atoms with Crippen molar-refractivity contribution in [2.75, 3.05) is 6.54 Å². The molecule has 0 aliphatic carbocycles. The van der Waals surface area contributed by atoms with Gasteiger partial charge in [0.2, 0.25) is 0 Å². The van der Waals surface area contributed by atoms with Crippen molar-refractivity contribution < 1.29 is 31.9 Å². The van der Waals surface area contributed by atoms with Gasteiger partial charge in [-0.2, -0.15) is 13.5 Å². The molecule has 0 aromatic carbocycles. The number of carboxylic acid groups (broad SMARTS) is 1. The third-order valence-electron chi connectivity index (χ3n) is 2.78. The Morgan fingerprint density at radius 1 is 1.41 bits per heavy atom. The number of carbonyl (C=O) groups is 2. The number of carbonyl (C=O) groups excluding carboxylic acids is 1. The molecule has 2 aliphatic heterocycles. The Kier molecular flexibility index (Phi) is 2.72. The molecule has 0 saturated carbocycles. The lowest BCUT2D eigenvalue weighted by Crippen LogP contribution is -2.44. The summed E-state index contributed by atoms with van der Waals surface area (Å²) in [5.41, 5.74) is 0. The average molecular weight is 266 g/mol. The molecule has 2 aliphatic rings. The molecule has 2 N–H and O–H groups in total. The second kappa shape index (κ2) is 3.82. The molecule has 0 unspecified atom stereocenters. The summed E-state index contributed by atoms with van der Waals surface area (Å²) in [6.45, 7) is 0.0747. The number of aliphatic carboxylic acids is 1. The highest BCUT2D eigenvalue weighted by atomic mass is 32.3. The third kappa shape index (κ3) is 2.18. The number of hydrogen-bond donors (Lipinski definition) is 2. The van der Waals surface area contributed by atoms with E-state index in [-0.39, 0.29) is 13.0 Å². The van der Waals surface area contributed by atoms with Crippen molar-refractivity contribution in [2.24, 2.45) is 0 Å². The maximum Gasteiger partial charge on any atom is 0.418 e. The van der Waals surface area contributed by atoms with E-state index >= 15 is 0 Å². The largest absolute Gasteiger partial charge is 0.480 e. The van der Waals surface area contributed by atoms with Crippen LogP contribution in [0.5, 0.6) is 0 Å². The van der Waals surface area contributed by atoms with Gasteiger partial charge in [-0.3, -0.25) is 4.55 Å². The summed E-state index contributed by atoms with van der Waals surface area (Å²) in [7, 11) is -4.79. The van der Waals surface area contributed by atoms with Crippen molar-refractivity contribution in [1.82, 2.24) is 9.96 Å². The normalized spacial score (nSPS) is 28.6. The third-order valence-corrected chi connectivity index (χ3v) is 3.13. The van der Waals surface area contributed by atoms with E-state index in [2.05, 4.69) is 4.28 Å². The van der Waals surface area contributed by atoms with Crippen LogP contribution in [0, 0.1) is 0 Å². The van der Waals surface area contributed by atoms with Crippen LogP contribution in [0.1, 0.15) is 12.8 Å². The van der Waals surface area contributed by atoms with Gasteiger partial charge in [0.25, 0.3) is 0 Å². The molecule has 0 radical (unpaired) electrons. The van der Waals surface area contributed by atoms with Gasteiger partial charge < -0.3 is 10.0 Å². The van der Waals surface area contributed by atoms with E-state index in [9.17, 15) is 18.0 Å². The van der Waals surface area contributed by atoms with Gasteiger partial charge in [-0.15, -0.1) is 4.28 Å². The summed E-state index contributed by atoms with van der Waals surface area (Å²) in [6.07, 6.45) is 0.520. The first-order valence-corrected chi connectivity index (χ1v) is 6.16. The number of urea groups is 1. The van der Waals surface area contributed by atoms with E-state index < -0.39 is 34.5 Å². The van der Waals surface area contributed by atoms with Crippen molar-refractivity contribution >= 4 is 22.4 Å². The van der Waals surface area contributed by atoms with Crippen LogP contribution in [0.4, 0.5) is 4.79 Å². The molecule has 2 bridgehead atoms. The van der Waals surface area contributed by atoms with Crippen molar-refractivity contribution in [2.45, 2.75) is 24.9 Å². The summed E-state index contributed by atoms with van der Waals surface area (Å²) in [6, 6.07) is -2.40. The highest BCUT2D eigenvalue weighted by molar-refractivity contribution is 7.80. The maximum absolute atomic E-state index is 11.7. The smallest absolute Gasteiger partial charge is 0.418 e. The van der Waals surface area contributed by atoms with Crippen LogP contribution < -0.4 is 0 Å². The standard InChI is InChI=1S/C7H10N2O7S/c10-6(11)5-2-1-4-3-8(5)7(12)9(4)16-17(13,14)15/h4-5H,1-3H2,(H,10,11)(H,13,14,15)/t4-,5+/m0/s1. The first-order chi connectivity index (χ1) is 7.79. The SMILES string of the molecule is O=C(O)[C@H]1CC[C@H]2CN1C(=O)N2OS(=O)(=O)O. The number of piperidine rings is 1. The topological polar surface area (TPSA) is 124 Å². The Morgan fingerprint density at radius 2 is 2.06 bits per heavy atom. The minimum absolute atomic E-state index is 0.0747. The van der Waals surface area contributed by atoms with E-state index in [0.717, 1.165) is 4.90 Å². The summed E-state index contributed by atoms with van der Waals surface area (Å²) >= 11 is 0. The molecule has 0 aromatic rings. The van der Waals surface area contributed by atoms with Crippen LogP contribution in [0.25, 0.3) is 0 Å². The minimum atomic E-state index is -4.79. The molecule has 2 atom stereocenters. The summed E-state index contributed by atoms with van der Waals surface area (Å²) < 4.78 is 33.7. The van der Waals surface area contributed by atoms with Gasteiger partial charge in [-0.1, -0.05) is 0 Å². The number of fused-ring (bicyclic) bond motifs is 2. The van der Waals surface area contributed by atoms with Gasteiger partial charge in [0, 0.05) is 6.54 Å². The number of amides is 2. The van der Waals surface area contributed by atoms with Crippen LogP contribution in [0.2, 0.25) is 0 Å². The number of rotatable bonds is 3. The molecular formula is C7H10N2O7S. The van der Waals surface area contributed by atoms with Gasteiger partial charge >= 0.3 is 22.4 Å². The van der Waals surface area contributed by atoms with Crippen LogP contribution in [0.3, 0.4) is 0 Å². The molecule has 10 heteroatoms. The fourth-order valence-corrected chi connectivity index (χ4v) is 2.48. The van der Waals surface area contributed by atoms with Gasteiger partial charge in [-0.25, -0.2) is 9.59 Å². The second-order valence-corrected chi connectivity index (χ2v) is 4.85. The fourth-order valence-electron chi connectivity index (χ4n) is 2.09. The monoisotopic (exact) mass is 266 g/mol. The van der Waals surface area contributed by atoms with Crippen LogP contribution in [-0.4, -0.2) is 58.7 Å². The van der Waals surface area contributed by atoms with Crippen molar-refractivity contribution in [3.8, 4) is 0 Å². The molecule has 96 valence electrons. The van der Waals surface area contributed by atoms with Crippen molar-refractivity contribution in [1.29, 1.82) is 0 Å². The average Bonchev–Trinajstić information content (AvgIpc) is 2.42. The Hall–Kier alpha value is -1.39. The molecular weight excluding hydrogens is 256 g/mol. The lowest BCUT2D eigenvalue weighted by atomic mass is 10.0. The molecule has 2 fully saturated rings. The first-order valence-electron chi connectivity index (χ1n) is 4.79. The summed E-state index contributed by atoms with van der Waals surface area (Å²) in [4.78, 5) is 23.5. The van der Waals surface area contributed by atoms with Crippen LogP contribution >= 0.6 is 0 Å². The van der Waals surface area contributed by atoms with E-state index in [4.69, 9.17) is 9.66 Å². The summed E-state index contributed by atoms with van der Waals surface area (Å²) in [5, 5.41) is 9.39. The number of hydrogen-bond acceptors (Lipinski definition) is 5. The Morgan fingerprint density at radius 3 is 2.59 bits per heavy atom. The molecule has 2 amide bonds. The Bertz CT molecular complexity index is 461. The van der Waals surface area contributed by atoms with Gasteiger partial charge in [0.1, 0.15) is 6.04 Å². The molecule has 2 rings (SSSR count). The lowest BCUT2D eigenvalue weighted by molar-refractivity contribution is -0.142. The van der Waals surface area contributed by atoms with Gasteiger partial charge in [0.15, 0.2) is 0 Å². The minimum Gasteiger partial charge on any atom is -0.480 e. The lowest BCUT2D eigenvalue weighted by Gasteiger charge is -2.26. The quantitative estimate of drug-likeness (QED) is 0.632. The summed E-state index contributed by atoms with van der Waals surface area (Å²) in [5.74, 6) is -1.15. The zero-order valence-corrected chi connectivity index (χ0v) is 9.33. The number of hydroxylamine groups is 2. The highest BCUT2D eigenvalue weighted by Gasteiger charge is 2.49. The molecule has 17 heavy (non-hydrogen) atoms. The second-order valence-electron chi connectivity index (χ2n) is 3.85. The molecule has 0 aromatic heterocycles. The fraction of sp³-hybridized carbons (Fsp3) is 0.714. The number of carboxylic acids is 1. The van der Waals surface area contributed by atoms with Gasteiger partial charge in [-0.05, 0) is 12.8 Å². The Labute approximate surface area is 96.5 Å². The molecule has 2 saturated heterocycles. The Balaban J connectivity index is 2.20. The zero-order chi connectivity index (χ0) is 12.8. The highest BCUT2D eigenvalue weighted by Crippen LogP contribution is 2.30. The van der Waals surface area contributed by atoms with Crippen LogP contribution in [-0.2, 0) is 19.5 Å². The van der Waals surface area contributed by atoms with E-state index in [1.165, 1.54) is 0 Å². The van der Waals surface area contributed by atoms with Crippen molar-refractivity contribution in [3.05, 3.63) is 0 Å². The van der Waals surface area contributed by atoms with E-state index in [1.54, 1.807) is 0 Å². The van der Waals surface area contributed by atoms with E-state index in [1.807, 2.05) is 0 Å².